The summed E-state index contributed by atoms with van der Waals surface area (Å²) < 4.78 is 33.2. The highest BCUT2D eigenvalue weighted by Crippen LogP contribution is 2.29. The number of rotatable bonds is 6. The van der Waals surface area contributed by atoms with Crippen molar-refractivity contribution in [3.8, 4) is 5.75 Å². The van der Waals surface area contributed by atoms with Crippen molar-refractivity contribution in [2.45, 2.75) is 11.4 Å². The summed E-state index contributed by atoms with van der Waals surface area (Å²) in [4.78, 5) is 0.227. The molecule has 0 saturated heterocycles. The van der Waals surface area contributed by atoms with Crippen molar-refractivity contribution in [1.82, 2.24) is 0 Å². The van der Waals surface area contributed by atoms with Gasteiger partial charge in [0.2, 0.25) is 0 Å². The average molecular weight is 388 g/mol. The molecule has 26 heavy (non-hydrogen) atoms. The summed E-state index contributed by atoms with van der Waals surface area (Å²) in [6, 6.07) is 22.5. The van der Waals surface area contributed by atoms with Gasteiger partial charge in [0, 0.05) is 11.1 Å². The largest absolute Gasteiger partial charge is 0.497 e. The van der Waals surface area contributed by atoms with Crippen molar-refractivity contribution in [2.24, 2.45) is 0 Å². The molecular weight excluding hydrogens is 370 g/mol. The van der Waals surface area contributed by atoms with Gasteiger partial charge >= 0.3 is 0 Å². The van der Waals surface area contributed by atoms with Crippen LogP contribution in [0.2, 0.25) is 5.02 Å². The first kappa shape index (κ1) is 18.3. The SMILES string of the molecule is COc1cccc(N(Cc2cccc(Cl)c2)S(=O)(=O)c2ccccc2)c1. The highest BCUT2D eigenvalue weighted by molar-refractivity contribution is 7.92. The molecule has 0 spiro atoms. The minimum absolute atomic E-state index is 0.158. The van der Waals surface area contributed by atoms with E-state index in [1.807, 2.05) is 6.07 Å². The van der Waals surface area contributed by atoms with Crippen LogP contribution in [0.3, 0.4) is 0 Å². The fourth-order valence-corrected chi connectivity index (χ4v) is 4.28. The molecule has 0 unspecified atom stereocenters. The van der Waals surface area contributed by atoms with Crippen LogP contribution in [0.4, 0.5) is 5.69 Å². The van der Waals surface area contributed by atoms with Gasteiger partial charge in [-0.1, -0.05) is 48.0 Å². The van der Waals surface area contributed by atoms with Crippen LogP contribution in [0.15, 0.2) is 83.8 Å². The van der Waals surface area contributed by atoms with Crippen LogP contribution in [-0.4, -0.2) is 15.5 Å². The maximum Gasteiger partial charge on any atom is 0.264 e. The van der Waals surface area contributed by atoms with Crippen molar-refractivity contribution in [3.05, 3.63) is 89.4 Å². The number of halogens is 1. The molecule has 0 bridgehead atoms. The van der Waals surface area contributed by atoms with Crippen molar-refractivity contribution in [1.29, 1.82) is 0 Å². The first-order valence-corrected chi connectivity index (χ1v) is 9.79. The van der Waals surface area contributed by atoms with E-state index in [1.165, 1.54) is 4.31 Å². The van der Waals surface area contributed by atoms with Crippen LogP contribution in [0.1, 0.15) is 5.56 Å². The van der Waals surface area contributed by atoms with Gasteiger partial charge < -0.3 is 4.74 Å². The highest BCUT2D eigenvalue weighted by atomic mass is 35.5. The smallest absolute Gasteiger partial charge is 0.264 e. The van der Waals surface area contributed by atoms with Gasteiger partial charge in [0.25, 0.3) is 10.0 Å². The molecule has 0 radical (unpaired) electrons. The van der Waals surface area contributed by atoms with Gasteiger partial charge in [0.05, 0.1) is 24.2 Å². The molecule has 0 saturated carbocycles. The number of benzene rings is 3. The number of hydrogen-bond donors (Lipinski definition) is 0. The zero-order valence-corrected chi connectivity index (χ0v) is 15.7. The Kier molecular flexibility index (Phi) is 5.49. The lowest BCUT2D eigenvalue weighted by Gasteiger charge is -2.25. The molecule has 134 valence electrons. The standard InChI is InChI=1S/C20H18ClNO3S/c1-25-19-10-6-9-18(14-19)22(15-16-7-5-8-17(21)13-16)26(23,24)20-11-3-2-4-12-20/h2-14H,15H2,1H3. The van der Waals surface area contributed by atoms with Crippen molar-refractivity contribution in [3.63, 3.8) is 0 Å². The monoisotopic (exact) mass is 387 g/mol. The third-order valence-electron chi connectivity index (χ3n) is 3.89. The molecular formula is C20H18ClNO3S. The van der Waals surface area contributed by atoms with Gasteiger partial charge in [-0.3, -0.25) is 4.31 Å². The molecule has 0 aliphatic heterocycles. The van der Waals surface area contributed by atoms with E-state index in [4.69, 9.17) is 16.3 Å². The van der Waals surface area contributed by atoms with Crippen molar-refractivity contribution < 1.29 is 13.2 Å². The maximum absolute atomic E-state index is 13.3. The first-order valence-electron chi connectivity index (χ1n) is 7.97. The fourth-order valence-electron chi connectivity index (χ4n) is 2.60. The fraction of sp³-hybridized carbons (Fsp3) is 0.100. The number of sulfonamides is 1. The Morgan fingerprint density at radius 2 is 1.65 bits per heavy atom. The first-order chi connectivity index (χ1) is 12.5. The Morgan fingerprint density at radius 1 is 0.923 bits per heavy atom. The number of nitrogens with zero attached hydrogens (tertiary/aromatic N) is 1. The van der Waals surface area contributed by atoms with Gasteiger partial charge in [0.15, 0.2) is 0 Å². The lowest BCUT2D eigenvalue weighted by atomic mass is 10.2. The lowest BCUT2D eigenvalue weighted by molar-refractivity contribution is 0.415. The lowest BCUT2D eigenvalue weighted by Crippen LogP contribution is -2.30. The second kappa shape index (κ2) is 7.81. The Balaban J connectivity index is 2.09. The number of methoxy groups -OCH3 is 1. The van der Waals surface area contributed by atoms with Crippen LogP contribution in [0, 0.1) is 0 Å². The molecule has 0 aliphatic carbocycles. The van der Waals surface area contributed by atoms with E-state index >= 15 is 0 Å². The van der Waals surface area contributed by atoms with Crippen LogP contribution in [-0.2, 0) is 16.6 Å². The van der Waals surface area contributed by atoms with E-state index in [-0.39, 0.29) is 11.4 Å². The maximum atomic E-state index is 13.3. The highest BCUT2D eigenvalue weighted by Gasteiger charge is 2.25. The minimum atomic E-state index is -3.76. The van der Waals surface area contributed by atoms with Crippen LogP contribution >= 0.6 is 11.6 Å². The predicted molar refractivity (Wildman–Crippen MR) is 104 cm³/mol. The average Bonchev–Trinajstić information content (AvgIpc) is 2.67. The van der Waals surface area contributed by atoms with E-state index < -0.39 is 10.0 Å². The van der Waals surface area contributed by atoms with E-state index in [2.05, 4.69) is 0 Å². The Hall–Kier alpha value is -2.50. The van der Waals surface area contributed by atoms with Gasteiger partial charge in [-0.15, -0.1) is 0 Å². The summed E-state index contributed by atoms with van der Waals surface area (Å²) in [5.74, 6) is 0.585. The number of hydrogen-bond acceptors (Lipinski definition) is 3. The molecule has 0 atom stereocenters. The second-order valence-corrected chi connectivity index (χ2v) is 7.95. The quantitative estimate of drug-likeness (QED) is 0.613. The van der Waals surface area contributed by atoms with Crippen LogP contribution in [0.25, 0.3) is 0 Å². The molecule has 3 aromatic rings. The molecule has 0 heterocycles. The van der Waals surface area contributed by atoms with E-state index in [0.717, 1.165) is 5.56 Å². The Bertz CT molecular complexity index is 991. The van der Waals surface area contributed by atoms with Crippen LogP contribution in [0.5, 0.6) is 5.75 Å². The van der Waals surface area contributed by atoms with Crippen LogP contribution < -0.4 is 9.04 Å². The van der Waals surface area contributed by atoms with Gasteiger partial charge in [-0.2, -0.15) is 0 Å². The topological polar surface area (TPSA) is 46.6 Å². The third kappa shape index (κ3) is 4.00. The van der Waals surface area contributed by atoms with Gasteiger partial charge in [0.1, 0.15) is 5.75 Å². The summed E-state index contributed by atoms with van der Waals surface area (Å²) in [6.07, 6.45) is 0. The number of ether oxygens (including phenoxy) is 1. The van der Waals surface area contributed by atoms with E-state index in [9.17, 15) is 8.42 Å². The predicted octanol–water partition coefficient (Wildman–Crippen LogP) is 4.74. The summed E-state index contributed by atoms with van der Waals surface area (Å²) in [5, 5.41) is 0.560. The zero-order chi connectivity index (χ0) is 18.6. The summed E-state index contributed by atoms with van der Waals surface area (Å²) in [6.45, 7) is 0.158. The third-order valence-corrected chi connectivity index (χ3v) is 5.91. The summed E-state index contributed by atoms with van der Waals surface area (Å²) in [5.41, 5.74) is 1.31. The van der Waals surface area contributed by atoms with Gasteiger partial charge in [-0.05, 0) is 42.0 Å². The summed E-state index contributed by atoms with van der Waals surface area (Å²) in [7, 11) is -2.21. The number of anilines is 1. The molecule has 0 aromatic heterocycles. The minimum Gasteiger partial charge on any atom is -0.497 e. The van der Waals surface area contributed by atoms with E-state index in [0.29, 0.717) is 16.5 Å². The zero-order valence-electron chi connectivity index (χ0n) is 14.2. The molecule has 3 rings (SSSR count). The Labute approximate surface area is 158 Å². The van der Waals surface area contributed by atoms with Crippen molar-refractivity contribution in [2.75, 3.05) is 11.4 Å². The molecule has 0 aliphatic rings. The molecule has 3 aromatic carbocycles. The van der Waals surface area contributed by atoms with Crippen molar-refractivity contribution >= 4 is 27.3 Å². The second-order valence-electron chi connectivity index (χ2n) is 5.66. The molecule has 0 amide bonds. The molecule has 4 nitrogen and oxygen atoms in total. The normalized spacial score (nSPS) is 11.2. The molecule has 0 fully saturated rings. The molecule has 0 N–H and O–H groups in total. The van der Waals surface area contributed by atoms with E-state index in [1.54, 1.807) is 79.9 Å². The molecule has 6 heteroatoms. The Morgan fingerprint density at radius 3 is 2.35 bits per heavy atom. The summed E-state index contributed by atoms with van der Waals surface area (Å²) >= 11 is 6.07. The van der Waals surface area contributed by atoms with Gasteiger partial charge in [-0.25, -0.2) is 8.42 Å².